The van der Waals surface area contributed by atoms with Crippen LogP contribution in [0.15, 0.2) is 16.5 Å². The number of nitrogens with zero attached hydrogens (tertiary/aromatic N) is 3. The Balaban J connectivity index is 1.74. The third kappa shape index (κ3) is 2.14. The zero-order valence-electron chi connectivity index (χ0n) is 11.0. The maximum atomic E-state index is 12.0. The van der Waals surface area contributed by atoms with Gasteiger partial charge in [0.25, 0.3) is 5.91 Å². The zero-order valence-corrected chi connectivity index (χ0v) is 11.0. The lowest BCUT2D eigenvalue weighted by Crippen LogP contribution is -2.28. The standard InChI is InChI=1S/C13H16N4O2/c1-8-5-6-10(19-8)13(18)14-9(2)12-16-15-11-4-3-7-17(11)12/h5-6,9H,3-4,7H2,1-2H3,(H,14,18)/t9-/m0/s1. The largest absolute Gasteiger partial charge is 0.456 e. The van der Waals surface area contributed by atoms with E-state index in [1.807, 2.05) is 13.8 Å². The molecule has 100 valence electrons. The summed E-state index contributed by atoms with van der Waals surface area (Å²) in [5.41, 5.74) is 0. The fourth-order valence-electron chi connectivity index (χ4n) is 2.38. The second kappa shape index (κ2) is 4.53. The first kappa shape index (κ1) is 12.0. The van der Waals surface area contributed by atoms with E-state index in [1.165, 1.54) is 0 Å². The fourth-order valence-corrected chi connectivity index (χ4v) is 2.38. The number of amides is 1. The second-order valence-electron chi connectivity index (χ2n) is 4.84. The molecule has 19 heavy (non-hydrogen) atoms. The summed E-state index contributed by atoms with van der Waals surface area (Å²) in [7, 11) is 0. The number of fused-ring (bicyclic) bond motifs is 1. The number of nitrogens with one attached hydrogen (secondary N) is 1. The quantitative estimate of drug-likeness (QED) is 0.910. The van der Waals surface area contributed by atoms with Gasteiger partial charge in [-0.15, -0.1) is 10.2 Å². The van der Waals surface area contributed by atoms with Crippen LogP contribution in [0.5, 0.6) is 0 Å². The van der Waals surface area contributed by atoms with Crippen molar-refractivity contribution in [2.24, 2.45) is 0 Å². The van der Waals surface area contributed by atoms with Crippen molar-refractivity contribution < 1.29 is 9.21 Å². The van der Waals surface area contributed by atoms with E-state index in [1.54, 1.807) is 12.1 Å². The van der Waals surface area contributed by atoms with Gasteiger partial charge < -0.3 is 14.3 Å². The maximum absolute atomic E-state index is 12.0. The van der Waals surface area contributed by atoms with E-state index in [0.29, 0.717) is 5.76 Å². The van der Waals surface area contributed by atoms with E-state index < -0.39 is 0 Å². The van der Waals surface area contributed by atoms with Gasteiger partial charge in [0, 0.05) is 13.0 Å². The summed E-state index contributed by atoms with van der Waals surface area (Å²) in [6.45, 7) is 4.65. The molecule has 0 unspecified atom stereocenters. The molecular weight excluding hydrogens is 244 g/mol. The Labute approximate surface area is 110 Å². The first-order valence-electron chi connectivity index (χ1n) is 6.44. The molecular formula is C13H16N4O2. The van der Waals surface area contributed by atoms with Crippen LogP contribution >= 0.6 is 0 Å². The van der Waals surface area contributed by atoms with E-state index in [0.717, 1.165) is 36.8 Å². The first-order valence-corrected chi connectivity index (χ1v) is 6.44. The van der Waals surface area contributed by atoms with Crippen LogP contribution in [0.1, 0.15) is 47.4 Å². The zero-order chi connectivity index (χ0) is 13.4. The van der Waals surface area contributed by atoms with Gasteiger partial charge >= 0.3 is 0 Å². The summed E-state index contributed by atoms with van der Waals surface area (Å²) in [5, 5.41) is 11.2. The van der Waals surface area contributed by atoms with Crippen molar-refractivity contribution in [3.63, 3.8) is 0 Å². The molecule has 0 bridgehead atoms. The van der Waals surface area contributed by atoms with E-state index >= 15 is 0 Å². The van der Waals surface area contributed by atoms with E-state index in [-0.39, 0.29) is 11.9 Å². The van der Waals surface area contributed by atoms with E-state index in [2.05, 4.69) is 20.1 Å². The minimum absolute atomic E-state index is 0.183. The van der Waals surface area contributed by atoms with Crippen molar-refractivity contribution in [3.05, 3.63) is 35.3 Å². The van der Waals surface area contributed by atoms with Crippen molar-refractivity contribution in [1.82, 2.24) is 20.1 Å². The Morgan fingerprint density at radius 3 is 3.05 bits per heavy atom. The molecule has 0 aliphatic carbocycles. The molecule has 0 radical (unpaired) electrons. The number of hydrogen-bond donors (Lipinski definition) is 1. The van der Waals surface area contributed by atoms with Crippen molar-refractivity contribution in [2.45, 2.75) is 39.3 Å². The van der Waals surface area contributed by atoms with Gasteiger partial charge in [0.1, 0.15) is 11.6 Å². The topological polar surface area (TPSA) is 73.0 Å². The smallest absolute Gasteiger partial charge is 0.287 e. The lowest BCUT2D eigenvalue weighted by molar-refractivity contribution is 0.0908. The average Bonchev–Trinajstić information content (AvgIpc) is 3.02. The third-order valence-electron chi connectivity index (χ3n) is 3.34. The monoisotopic (exact) mass is 260 g/mol. The molecule has 3 heterocycles. The van der Waals surface area contributed by atoms with Gasteiger partial charge in [0.2, 0.25) is 0 Å². The Morgan fingerprint density at radius 1 is 1.47 bits per heavy atom. The minimum atomic E-state index is -0.226. The molecule has 2 aromatic heterocycles. The molecule has 1 aliphatic rings. The molecule has 1 N–H and O–H groups in total. The highest BCUT2D eigenvalue weighted by Crippen LogP contribution is 2.19. The van der Waals surface area contributed by atoms with Gasteiger partial charge in [0.15, 0.2) is 11.6 Å². The second-order valence-corrected chi connectivity index (χ2v) is 4.84. The highest BCUT2D eigenvalue weighted by Gasteiger charge is 2.23. The van der Waals surface area contributed by atoms with Gasteiger partial charge in [-0.2, -0.15) is 0 Å². The number of furan rings is 1. The summed E-state index contributed by atoms with van der Waals surface area (Å²) in [5.74, 6) is 2.64. The Bertz CT molecular complexity index is 614. The molecule has 6 heteroatoms. The Hall–Kier alpha value is -2.11. The van der Waals surface area contributed by atoms with Crippen molar-refractivity contribution in [2.75, 3.05) is 0 Å². The van der Waals surface area contributed by atoms with Crippen LogP contribution in [0, 0.1) is 6.92 Å². The predicted molar refractivity (Wildman–Crippen MR) is 67.7 cm³/mol. The molecule has 1 aliphatic heterocycles. The summed E-state index contributed by atoms with van der Waals surface area (Å²) in [6, 6.07) is 3.26. The summed E-state index contributed by atoms with van der Waals surface area (Å²) in [4.78, 5) is 12.0. The SMILES string of the molecule is Cc1ccc(C(=O)N[C@@H](C)c2nnc3n2CCC3)o1. The molecule has 0 aromatic carbocycles. The normalized spacial score (nSPS) is 15.3. The minimum Gasteiger partial charge on any atom is -0.456 e. The van der Waals surface area contributed by atoms with Crippen LogP contribution in [-0.2, 0) is 13.0 Å². The molecule has 0 spiro atoms. The van der Waals surface area contributed by atoms with Crippen molar-refractivity contribution >= 4 is 5.91 Å². The first-order chi connectivity index (χ1) is 9.15. The highest BCUT2D eigenvalue weighted by atomic mass is 16.3. The number of aromatic nitrogens is 3. The van der Waals surface area contributed by atoms with Gasteiger partial charge in [-0.3, -0.25) is 4.79 Å². The Kier molecular flexibility index (Phi) is 2.85. The van der Waals surface area contributed by atoms with Crippen LogP contribution < -0.4 is 5.32 Å². The Morgan fingerprint density at radius 2 is 2.32 bits per heavy atom. The van der Waals surface area contributed by atoms with Crippen LogP contribution in [0.3, 0.4) is 0 Å². The molecule has 0 saturated heterocycles. The van der Waals surface area contributed by atoms with Gasteiger partial charge in [-0.25, -0.2) is 0 Å². The third-order valence-corrected chi connectivity index (χ3v) is 3.34. The molecule has 1 amide bonds. The van der Waals surface area contributed by atoms with Gasteiger partial charge in [-0.05, 0) is 32.4 Å². The summed E-state index contributed by atoms with van der Waals surface area (Å²) < 4.78 is 7.38. The van der Waals surface area contributed by atoms with Crippen LogP contribution in [-0.4, -0.2) is 20.7 Å². The molecule has 0 fully saturated rings. The predicted octanol–water partition coefficient (Wildman–Crippen LogP) is 1.62. The van der Waals surface area contributed by atoms with Crippen molar-refractivity contribution in [3.8, 4) is 0 Å². The average molecular weight is 260 g/mol. The lowest BCUT2D eigenvalue weighted by atomic mass is 10.3. The van der Waals surface area contributed by atoms with Crippen LogP contribution in [0.4, 0.5) is 0 Å². The molecule has 3 rings (SSSR count). The number of rotatable bonds is 3. The maximum Gasteiger partial charge on any atom is 0.287 e. The lowest BCUT2D eigenvalue weighted by Gasteiger charge is -2.12. The number of aryl methyl sites for hydroxylation is 2. The summed E-state index contributed by atoms with van der Waals surface area (Å²) in [6.07, 6.45) is 2.06. The molecule has 0 saturated carbocycles. The molecule has 2 aromatic rings. The highest BCUT2D eigenvalue weighted by molar-refractivity contribution is 5.91. The van der Waals surface area contributed by atoms with Gasteiger partial charge in [-0.1, -0.05) is 0 Å². The van der Waals surface area contributed by atoms with Crippen LogP contribution in [0.25, 0.3) is 0 Å². The van der Waals surface area contributed by atoms with Gasteiger partial charge in [0.05, 0.1) is 6.04 Å². The van der Waals surface area contributed by atoms with Crippen LogP contribution in [0.2, 0.25) is 0 Å². The van der Waals surface area contributed by atoms with E-state index in [9.17, 15) is 4.79 Å². The number of carbonyl (C=O) groups is 1. The fraction of sp³-hybridized carbons (Fsp3) is 0.462. The number of carbonyl (C=O) groups excluding carboxylic acids is 1. The van der Waals surface area contributed by atoms with E-state index in [4.69, 9.17) is 4.42 Å². The summed E-state index contributed by atoms with van der Waals surface area (Å²) >= 11 is 0. The molecule has 1 atom stereocenters. The molecule has 6 nitrogen and oxygen atoms in total. The van der Waals surface area contributed by atoms with Crippen molar-refractivity contribution in [1.29, 1.82) is 0 Å². The number of hydrogen-bond acceptors (Lipinski definition) is 4.